The molecule has 0 aliphatic carbocycles. The summed E-state index contributed by atoms with van der Waals surface area (Å²) < 4.78 is 11.0. The third kappa shape index (κ3) is 2.87. The van der Waals surface area contributed by atoms with Gasteiger partial charge in [-0.05, 0) is 31.5 Å². The fraction of sp³-hybridized carbons (Fsp3) is 0.417. The fourth-order valence-corrected chi connectivity index (χ4v) is 2.39. The van der Waals surface area contributed by atoms with Crippen LogP contribution < -0.4 is 10.1 Å². The van der Waals surface area contributed by atoms with Crippen LogP contribution in [0.1, 0.15) is 12.3 Å². The van der Waals surface area contributed by atoms with Crippen molar-refractivity contribution in [3.63, 3.8) is 0 Å². The number of aromatic nitrogens is 1. The van der Waals surface area contributed by atoms with Crippen LogP contribution in [0.25, 0.3) is 10.6 Å². The Hall–Kier alpha value is -1.33. The summed E-state index contributed by atoms with van der Waals surface area (Å²) in [5, 5.41) is 5.09. The van der Waals surface area contributed by atoms with E-state index in [4.69, 9.17) is 9.15 Å². The summed E-state index contributed by atoms with van der Waals surface area (Å²) >= 11 is 1.60. The predicted molar refractivity (Wildman–Crippen MR) is 68.6 cm³/mol. The number of methoxy groups -OCH3 is 1. The number of nitrogens with zero attached hydrogens (tertiary/aromatic N) is 1. The summed E-state index contributed by atoms with van der Waals surface area (Å²) in [6.45, 7) is 0.972. The summed E-state index contributed by atoms with van der Waals surface area (Å²) in [7, 11) is 3.60. The Morgan fingerprint density at radius 2 is 2.41 bits per heavy atom. The predicted octanol–water partition coefficient (Wildman–Crippen LogP) is 2.56. The van der Waals surface area contributed by atoms with E-state index in [1.54, 1.807) is 24.6 Å². The van der Waals surface area contributed by atoms with E-state index in [0.717, 1.165) is 41.7 Å². The summed E-state index contributed by atoms with van der Waals surface area (Å²) in [5.74, 6) is 2.41. The molecule has 0 fully saturated rings. The van der Waals surface area contributed by atoms with E-state index in [-0.39, 0.29) is 0 Å². The van der Waals surface area contributed by atoms with E-state index in [0.29, 0.717) is 0 Å². The lowest BCUT2D eigenvalue weighted by Crippen LogP contribution is -2.08. The molecule has 1 N–H and O–H groups in total. The Morgan fingerprint density at radius 3 is 3.18 bits per heavy atom. The van der Waals surface area contributed by atoms with Gasteiger partial charge in [-0.2, -0.15) is 0 Å². The molecule has 17 heavy (non-hydrogen) atoms. The molecule has 0 unspecified atom stereocenters. The van der Waals surface area contributed by atoms with Gasteiger partial charge in [-0.15, -0.1) is 11.3 Å². The molecule has 0 spiro atoms. The average Bonchev–Trinajstić information content (AvgIpc) is 2.96. The SMILES string of the molecule is CNCCCc1ncc(-c2sccc2OC)o1. The zero-order chi connectivity index (χ0) is 12.1. The van der Waals surface area contributed by atoms with Gasteiger partial charge in [-0.1, -0.05) is 0 Å². The lowest BCUT2D eigenvalue weighted by molar-refractivity contribution is 0.415. The molecule has 0 aromatic carbocycles. The molecule has 92 valence electrons. The maximum atomic E-state index is 5.71. The quantitative estimate of drug-likeness (QED) is 0.803. The summed E-state index contributed by atoms with van der Waals surface area (Å²) in [4.78, 5) is 5.28. The molecule has 0 aliphatic rings. The van der Waals surface area contributed by atoms with E-state index < -0.39 is 0 Å². The first kappa shape index (κ1) is 12.1. The van der Waals surface area contributed by atoms with E-state index in [2.05, 4.69) is 10.3 Å². The minimum absolute atomic E-state index is 0.783. The van der Waals surface area contributed by atoms with Crippen molar-refractivity contribution in [2.24, 2.45) is 0 Å². The maximum Gasteiger partial charge on any atom is 0.194 e. The van der Waals surface area contributed by atoms with Crippen LogP contribution in [0.2, 0.25) is 0 Å². The standard InChI is InChI=1S/C12H16N2O2S/c1-13-6-3-4-11-14-8-10(16-11)12-9(15-2)5-7-17-12/h5,7-8,13H,3-4,6H2,1-2H3. The van der Waals surface area contributed by atoms with Crippen LogP contribution in [0.4, 0.5) is 0 Å². The summed E-state index contributed by atoms with van der Waals surface area (Å²) in [5.41, 5.74) is 0. The highest BCUT2D eigenvalue weighted by atomic mass is 32.1. The van der Waals surface area contributed by atoms with Gasteiger partial charge in [-0.25, -0.2) is 4.98 Å². The molecule has 0 amide bonds. The maximum absolute atomic E-state index is 5.71. The van der Waals surface area contributed by atoms with E-state index in [1.807, 2.05) is 18.5 Å². The van der Waals surface area contributed by atoms with Crippen LogP contribution in [0.15, 0.2) is 22.1 Å². The lowest BCUT2D eigenvalue weighted by Gasteiger charge is -1.98. The van der Waals surface area contributed by atoms with Crippen molar-refractivity contribution in [3.8, 4) is 16.4 Å². The van der Waals surface area contributed by atoms with Crippen LogP contribution in [-0.4, -0.2) is 25.7 Å². The number of oxazole rings is 1. The smallest absolute Gasteiger partial charge is 0.194 e. The normalized spacial score (nSPS) is 10.7. The third-order valence-corrected chi connectivity index (χ3v) is 3.35. The number of aryl methyl sites for hydroxylation is 1. The zero-order valence-corrected chi connectivity index (χ0v) is 10.8. The third-order valence-electron chi connectivity index (χ3n) is 2.44. The van der Waals surface area contributed by atoms with Crippen LogP contribution in [0.5, 0.6) is 5.75 Å². The van der Waals surface area contributed by atoms with Crippen molar-refractivity contribution >= 4 is 11.3 Å². The minimum Gasteiger partial charge on any atom is -0.495 e. The van der Waals surface area contributed by atoms with Gasteiger partial charge in [0.15, 0.2) is 11.7 Å². The number of rotatable bonds is 6. The molecule has 2 aromatic rings. The Balaban J connectivity index is 2.07. The van der Waals surface area contributed by atoms with Crippen LogP contribution in [0.3, 0.4) is 0 Å². The molecule has 2 aromatic heterocycles. The second kappa shape index (κ2) is 5.84. The number of thiophene rings is 1. The van der Waals surface area contributed by atoms with Gasteiger partial charge in [0.1, 0.15) is 10.6 Å². The van der Waals surface area contributed by atoms with Gasteiger partial charge in [0.05, 0.1) is 13.3 Å². The van der Waals surface area contributed by atoms with Gasteiger partial charge in [0.25, 0.3) is 0 Å². The first-order valence-corrected chi connectivity index (χ1v) is 6.44. The monoisotopic (exact) mass is 252 g/mol. The Labute approximate surface area is 105 Å². The van der Waals surface area contributed by atoms with Crippen LogP contribution in [0, 0.1) is 0 Å². The zero-order valence-electron chi connectivity index (χ0n) is 10.0. The van der Waals surface area contributed by atoms with Crippen molar-refractivity contribution in [2.75, 3.05) is 20.7 Å². The summed E-state index contributed by atoms with van der Waals surface area (Å²) in [6, 6.07) is 1.93. The molecule has 0 aliphatic heterocycles. The molecule has 4 nitrogen and oxygen atoms in total. The molecule has 0 atom stereocenters. The van der Waals surface area contributed by atoms with E-state index >= 15 is 0 Å². The Bertz CT molecular complexity index is 465. The first-order chi connectivity index (χ1) is 8.35. The van der Waals surface area contributed by atoms with Crippen LogP contribution >= 0.6 is 11.3 Å². The topological polar surface area (TPSA) is 47.3 Å². The second-order valence-corrected chi connectivity index (χ2v) is 4.56. The average molecular weight is 252 g/mol. The van der Waals surface area contributed by atoms with Crippen molar-refractivity contribution in [1.82, 2.24) is 10.3 Å². The van der Waals surface area contributed by atoms with Gasteiger partial charge < -0.3 is 14.5 Å². The van der Waals surface area contributed by atoms with Crippen molar-refractivity contribution in [3.05, 3.63) is 23.5 Å². The van der Waals surface area contributed by atoms with Gasteiger partial charge >= 0.3 is 0 Å². The Kier molecular flexibility index (Phi) is 4.17. The molecule has 0 saturated carbocycles. The number of ether oxygens (including phenoxy) is 1. The van der Waals surface area contributed by atoms with Gasteiger partial charge in [0, 0.05) is 6.42 Å². The first-order valence-electron chi connectivity index (χ1n) is 5.56. The molecule has 0 bridgehead atoms. The molecular formula is C12H16N2O2S. The molecule has 0 radical (unpaired) electrons. The fourth-order valence-electron chi connectivity index (χ4n) is 1.59. The van der Waals surface area contributed by atoms with Crippen molar-refractivity contribution < 1.29 is 9.15 Å². The highest BCUT2D eigenvalue weighted by Gasteiger charge is 2.12. The molecular weight excluding hydrogens is 236 g/mol. The van der Waals surface area contributed by atoms with E-state index in [9.17, 15) is 0 Å². The second-order valence-electron chi connectivity index (χ2n) is 3.64. The van der Waals surface area contributed by atoms with Crippen LogP contribution in [-0.2, 0) is 6.42 Å². The number of hydrogen-bond donors (Lipinski definition) is 1. The highest BCUT2D eigenvalue weighted by Crippen LogP contribution is 2.35. The van der Waals surface area contributed by atoms with E-state index in [1.165, 1.54) is 0 Å². The highest BCUT2D eigenvalue weighted by molar-refractivity contribution is 7.13. The molecule has 2 rings (SSSR count). The van der Waals surface area contributed by atoms with Gasteiger partial charge in [-0.3, -0.25) is 0 Å². The van der Waals surface area contributed by atoms with Gasteiger partial charge in [0.2, 0.25) is 0 Å². The summed E-state index contributed by atoms with van der Waals surface area (Å²) in [6.07, 6.45) is 3.65. The molecule has 5 heteroatoms. The van der Waals surface area contributed by atoms with Crippen molar-refractivity contribution in [2.45, 2.75) is 12.8 Å². The Morgan fingerprint density at radius 1 is 1.53 bits per heavy atom. The molecule has 2 heterocycles. The molecule has 0 saturated heterocycles. The van der Waals surface area contributed by atoms with Crippen molar-refractivity contribution in [1.29, 1.82) is 0 Å². The minimum atomic E-state index is 0.783. The number of hydrogen-bond acceptors (Lipinski definition) is 5. The number of nitrogens with one attached hydrogen (secondary N) is 1. The lowest BCUT2D eigenvalue weighted by atomic mass is 10.3. The largest absolute Gasteiger partial charge is 0.495 e.